The Balaban J connectivity index is 1.66. The molecule has 1 aromatic carbocycles. The summed E-state index contributed by atoms with van der Waals surface area (Å²) < 4.78 is 0. The second kappa shape index (κ2) is 6.66. The van der Waals surface area contributed by atoms with Gasteiger partial charge in [-0.3, -0.25) is 0 Å². The quantitative estimate of drug-likeness (QED) is 0.872. The van der Waals surface area contributed by atoms with E-state index in [1.165, 1.54) is 24.0 Å². The Hall–Kier alpha value is -2.10. The lowest BCUT2D eigenvalue weighted by Crippen LogP contribution is -2.39. The van der Waals surface area contributed by atoms with E-state index in [0.717, 1.165) is 36.8 Å². The van der Waals surface area contributed by atoms with Gasteiger partial charge >= 0.3 is 0 Å². The first kappa shape index (κ1) is 16.4. The highest BCUT2D eigenvalue weighted by Gasteiger charge is 2.30. The lowest BCUT2D eigenvalue weighted by Gasteiger charge is -2.36. The second-order valence-electron chi connectivity index (χ2n) is 7.65. The highest BCUT2D eigenvalue weighted by molar-refractivity contribution is 5.53. The topological polar surface area (TPSA) is 41.0 Å². The molecule has 0 unspecified atom stereocenters. The molecule has 2 atom stereocenters. The van der Waals surface area contributed by atoms with E-state index in [0.29, 0.717) is 18.0 Å². The van der Waals surface area contributed by atoms with Gasteiger partial charge in [-0.05, 0) is 50.7 Å². The van der Waals surface area contributed by atoms with Crippen molar-refractivity contribution in [2.24, 2.45) is 0 Å². The molecule has 1 aliphatic heterocycles. The van der Waals surface area contributed by atoms with Gasteiger partial charge in [0.2, 0.25) is 0 Å². The summed E-state index contributed by atoms with van der Waals surface area (Å²) in [6.07, 6.45) is 4.62. The number of nitrogens with zero attached hydrogens (tertiary/aromatic N) is 3. The molecule has 0 saturated heterocycles. The number of rotatable bonds is 5. The third-order valence-corrected chi connectivity index (χ3v) is 5.48. The molecule has 132 valence electrons. The lowest BCUT2D eigenvalue weighted by molar-refractivity contribution is 0.584. The first-order valence-electron chi connectivity index (χ1n) is 9.63. The average Bonchev–Trinajstić information content (AvgIpc) is 3.46. The molecule has 0 amide bonds. The summed E-state index contributed by atoms with van der Waals surface area (Å²) >= 11 is 0. The smallest absolute Gasteiger partial charge is 0.136 e. The fourth-order valence-corrected chi connectivity index (χ4v) is 3.54. The first-order chi connectivity index (χ1) is 12.1. The summed E-state index contributed by atoms with van der Waals surface area (Å²) in [5.41, 5.74) is 2.89. The Labute approximate surface area is 150 Å². The molecule has 0 bridgehead atoms. The van der Waals surface area contributed by atoms with Crippen LogP contribution in [0.2, 0.25) is 0 Å². The molecule has 2 aliphatic rings. The molecule has 1 N–H and O–H groups in total. The standard InChI is InChI=1S/C21H28N4/c1-4-14(2)22-19-12-20(24-21(23-19)16-9-10-16)25-13-18-8-6-5-7-17(18)11-15(25)3/h5-8,12,14-16H,4,9-11,13H2,1-3H3,(H,22,23,24)/t14-,15+/m0/s1. The molecular weight excluding hydrogens is 308 g/mol. The zero-order valence-corrected chi connectivity index (χ0v) is 15.5. The largest absolute Gasteiger partial charge is 0.367 e. The fourth-order valence-electron chi connectivity index (χ4n) is 3.54. The van der Waals surface area contributed by atoms with Gasteiger partial charge in [0, 0.05) is 30.6 Å². The zero-order valence-electron chi connectivity index (χ0n) is 15.5. The van der Waals surface area contributed by atoms with Crippen molar-refractivity contribution in [2.45, 2.75) is 71.0 Å². The molecule has 2 aromatic rings. The Morgan fingerprint density at radius 1 is 1.20 bits per heavy atom. The second-order valence-corrected chi connectivity index (χ2v) is 7.65. The van der Waals surface area contributed by atoms with Crippen molar-refractivity contribution in [3.63, 3.8) is 0 Å². The number of fused-ring (bicyclic) bond motifs is 1. The van der Waals surface area contributed by atoms with E-state index in [1.807, 2.05) is 0 Å². The van der Waals surface area contributed by atoms with Crippen LogP contribution in [0, 0.1) is 0 Å². The summed E-state index contributed by atoms with van der Waals surface area (Å²) in [4.78, 5) is 12.2. The Morgan fingerprint density at radius 3 is 2.68 bits per heavy atom. The van der Waals surface area contributed by atoms with Gasteiger partial charge in [0.25, 0.3) is 0 Å². The summed E-state index contributed by atoms with van der Waals surface area (Å²) in [6.45, 7) is 7.64. The maximum absolute atomic E-state index is 4.95. The molecule has 1 aliphatic carbocycles. The minimum Gasteiger partial charge on any atom is -0.367 e. The number of hydrogen-bond donors (Lipinski definition) is 1. The summed E-state index contributed by atoms with van der Waals surface area (Å²) in [5, 5.41) is 3.55. The van der Waals surface area contributed by atoms with Gasteiger partial charge in [0.15, 0.2) is 0 Å². The maximum atomic E-state index is 4.95. The predicted octanol–water partition coefficient (Wildman–Crippen LogP) is 4.52. The molecule has 0 spiro atoms. The van der Waals surface area contributed by atoms with Crippen molar-refractivity contribution >= 4 is 11.6 Å². The zero-order chi connectivity index (χ0) is 17.4. The molecule has 1 aromatic heterocycles. The van der Waals surface area contributed by atoms with Crippen molar-refractivity contribution < 1.29 is 0 Å². The van der Waals surface area contributed by atoms with Gasteiger partial charge in [0.05, 0.1) is 0 Å². The van der Waals surface area contributed by atoms with Crippen molar-refractivity contribution in [2.75, 3.05) is 10.2 Å². The van der Waals surface area contributed by atoms with Gasteiger partial charge in [-0.2, -0.15) is 0 Å². The number of benzene rings is 1. The van der Waals surface area contributed by atoms with Crippen LogP contribution in [-0.4, -0.2) is 22.1 Å². The van der Waals surface area contributed by atoms with Crippen LogP contribution >= 0.6 is 0 Å². The number of hydrogen-bond acceptors (Lipinski definition) is 4. The van der Waals surface area contributed by atoms with Crippen LogP contribution in [0.5, 0.6) is 0 Å². The molecule has 25 heavy (non-hydrogen) atoms. The predicted molar refractivity (Wildman–Crippen MR) is 103 cm³/mol. The van der Waals surface area contributed by atoms with Gasteiger partial charge in [-0.1, -0.05) is 31.2 Å². The van der Waals surface area contributed by atoms with Gasteiger partial charge in [-0.15, -0.1) is 0 Å². The van der Waals surface area contributed by atoms with Crippen LogP contribution in [-0.2, 0) is 13.0 Å². The number of anilines is 2. The normalized spacial score (nSPS) is 20.9. The van der Waals surface area contributed by atoms with Crippen LogP contribution in [0.15, 0.2) is 30.3 Å². The Kier molecular flexibility index (Phi) is 4.36. The highest BCUT2D eigenvalue weighted by atomic mass is 15.2. The maximum Gasteiger partial charge on any atom is 0.136 e. The number of nitrogens with one attached hydrogen (secondary N) is 1. The molecule has 0 radical (unpaired) electrons. The van der Waals surface area contributed by atoms with E-state index >= 15 is 0 Å². The van der Waals surface area contributed by atoms with E-state index < -0.39 is 0 Å². The van der Waals surface area contributed by atoms with E-state index in [1.54, 1.807) is 0 Å². The summed E-state index contributed by atoms with van der Waals surface area (Å²) in [6, 6.07) is 11.8. The molecule has 4 heteroatoms. The van der Waals surface area contributed by atoms with Crippen molar-refractivity contribution in [3.05, 3.63) is 47.3 Å². The monoisotopic (exact) mass is 336 g/mol. The summed E-state index contributed by atoms with van der Waals surface area (Å²) in [5.74, 6) is 3.64. The van der Waals surface area contributed by atoms with Gasteiger partial charge in [0.1, 0.15) is 17.5 Å². The number of aromatic nitrogens is 2. The van der Waals surface area contributed by atoms with Crippen LogP contribution < -0.4 is 10.2 Å². The molecular formula is C21H28N4. The van der Waals surface area contributed by atoms with Crippen molar-refractivity contribution in [1.82, 2.24) is 9.97 Å². The van der Waals surface area contributed by atoms with Crippen molar-refractivity contribution in [1.29, 1.82) is 0 Å². The highest BCUT2D eigenvalue weighted by Crippen LogP contribution is 2.40. The van der Waals surface area contributed by atoms with Crippen molar-refractivity contribution in [3.8, 4) is 0 Å². The fraction of sp³-hybridized carbons (Fsp3) is 0.524. The minimum absolute atomic E-state index is 0.425. The Bertz CT molecular complexity index is 753. The molecule has 1 fully saturated rings. The van der Waals surface area contributed by atoms with Crippen LogP contribution in [0.25, 0.3) is 0 Å². The van der Waals surface area contributed by atoms with E-state index in [-0.39, 0.29) is 0 Å². The lowest BCUT2D eigenvalue weighted by atomic mass is 9.95. The third-order valence-electron chi connectivity index (χ3n) is 5.48. The molecule has 2 heterocycles. The van der Waals surface area contributed by atoms with Gasteiger partial charge in [-0.25, -0.2) is 9.97 Å². The van der Waals surface area contributed by atoms with E-state index in [2.05, 4.69) is 61.3 Å². The van der Waals surface area contributed by atoms with E-state index in [4.69, 9.17) is 9.97 Å². The summed E-state index contributed by atoms with van der Waals surface area (Å²) in [7, 11) is 0. The van der Waals surface area contributed by atoms with Crippen LogP contribution in [0.3, 0.4) is 0 Å². The molecule has 1 saturated carbocycles. The molecule has 4 nitrogen and oxygen atoms in total. The van der Waals surface area contributed by atoms with E-state index in [9.17, 15) is 0 Å². The van der Waals surface area contributed by atoms with Gasteiger partial charge < -0.3 is 10.2 Å². The minimum atomic E-state index is 0.425. The average molecular weight is 336 g/mol. The molecule has 4 rings (SSSR count). The third kappa shape index (κ3) is 3.48. The SMILES string of the molecule is CC[C@H](C)Nc1cc(N2Cc3ccccc3C[C@H]2C)nc(C2CC2)n1. The Morgan fingerprint density at radius 2 is 1.96 bits per heavy atom. The van der Waals surface area contributed by atoms with Crippen LogP contribution in [0.4, 0.5) is 11.6 Å². The first-order valence-corrected chi connectivity index (χ1v) is 9.63. The van der Waals surface area contributed by atoms with Crippen LogP contribution in [0.1, 0.15) is 62.9 Å².